The molecule has 0 bridgehead atoms. The fourth-order valence-corrected chi connectivity index (χ4v) is 3.01. The summed E-state index contributed by atoms with van der Waals surface area (Å²) in [7, 11) is 0. The van der Waals surface area contributed by atoms with Gasteiger partial charge in [0, 0.05) is 43.0 Å². The van der Waals surface area contributed by atoms with Crippen molar-refractivity contribution in [2.45, 2.75) is 0 Å². The lowest BCUT2D eigenvalue weighted by Gasteiger charge is -2.35. The Morgan fingerprint density at radius 2 is 1.46 bits per heavy atom. The zero-order chi connectivity index (χ0) is 20.1. The van der Waals surface area contributed by atoms with Gasteiger partial charge in [-0.1, -0.05) is 12.6 Å². The van der Waals surface area contributed by atoms with Crippen LogP contribution in [0.25, 0.3) is 0 Å². The minimum atomic E-state index is -0.342. The molecule has 7 heteroatoms. The summed E-state index contributed by atoms with van der Waals surface area (Å²) >= 11 is 0. The van der Waals surface area contributed by atoms with Crippen LogP contribution in [0, 0.1) is 0 Å². The summed E-state index contributed by atoms with van der Waals surface area (Å²) in [6, 6.07) is 12.8. The summed E-state index contributed by atoms with van der Waals surface area (Å²) in [6.07, 6.45) is 1.17. The largest absolute Gasteiger partial charge is 0.508 e. The standard InChI is InChI=1S/C21H21N3O4/c1-2-19(26)22-17-5-3-4-16(14-17)21(28)24-12-10-23(11-13-24)20(27)15-6-8-18(25)9-7-15/h2-9,14,25H,1,10-13H2,(H,22,26). The summed E-state index contributed by atoms with van der Waals surface area (Å²) in [5.41, 5.74) is 1.50. The molecule has 0 atom stereocenters. The quantitative estimate of drug-likeness (QED) is 0.797. The second kappa shape index (κ2) is 8.39. The molecular formula is C21H21N3O4. The average Bonchev–Trinajstić information content (AvgIpc) is 2.73. The van der Waals surface area contributed by atoms with Crippen molar-refractivity contribution in [3.05, 3.63) is 72.3 Å². The van der Waals surface area contributed by atoms with E-state index in [0.29, 0.717) is 43.0 Å². The number of rotatable bonds is 4. The van der Waals surface area contributed by atoms with Gasteiger partial charge < -0.3 is 20.2 Å². The van der Waals surface area contributed by atoms with E-state index in [1.807, 2.05) is 0 Å². The minimum Gasteiger partial charge on any atom is -0.508 e. The van der Waals surface area contributed by atoms with Crippen LogP contribution in [0.15, 0.2) is 61.2 Å². The zero-order valence-corrected chi connectivity index (χ0v) is 15.3. The van der Waals surface area contributed by atoms with Gasteiger partial charge in [-0.25, -0.2) is 0 Å². The van der Waals surface area contributed by atoms with Crippen molar-refractivity contribution < 1.29 is 19.5 Å². The van der Waals surface area contributed by atoms with E-state index >= 15 is 0 Å². The Bertz CT molecular complexity index is 900. The second-order valence-electron chi connectivity index (χ2n) is 6.41. The number of amides is 3. The fourth-order valence-electron chi connectivity index (χ4n) is 3.01. The van der Waals surface area contributed by atoms with Gasteiger partial charge in [0.05, 0.1) is 0 Å². The van der Waals surface area contributed by atoms with E-state index in [-0.39, 0.29) is 23.5 Å². The van der Waals surface area contributed by atoms with Gasteiger partial charge in [0.15, 0.2) is 0 Å². The van der Waals surface area contributed by atoms with Crippen molar-refractivity contribution >= 4 is 23.4 Å². The van der Waals surface area contributed by atoms with E-state index in [1.165, 1.54) is 18.2 Å². The molecule has 3 rings (SSSR count). The molecule has 1 heterocycles. The third-order valence-electron chi connectivity index (χ3n) is 4.53. The van der Waals surface area contributed by atoms with E-state index in [0.717, 1.165) is 0 Å². The van der Waals surface area contributed by atoms with Gasteiger partial charge in [-0.3, -0.25) is 14.4 Å². The van der Waals surface area contributed by atoms with Gasteiger partial charge in [0.1, 0.15) is 5.75 Å². The van der Waals surface area contributed by atoms with Crippen molar-refractivity contribution in [1.29, 1.82) is 0 Å². The number of piperazine rings is 1. The van der Waals surface area contributed by atoms with Gasteiger partial charge in [-0.05, 0) is 48.5 Å². The van der Waals surface area contributed by atoms with Crippen LogP contribution in [-0.2, 0) is 4.79 Å². The number of carbonyl (C=O) groups is 3. The van der Waals surface area contributed by atoms with Crippen LogP contribution in [-0.4, -0.2) is 58.8 Å². The van der Waals surface area contributed by atoms with E-state index in [9.17, 15) is 19.5 Å². The predicted octanol–water partition coefficient (Wildman–Crippen LogP) is 2.11. The molecule has 144 valence electrons. The zero-order valence-electron chi connectivity index (χ0n) is 15.3. The number of phenols is 1. The molecule has 1 saturated heterocycles. The van der Waals surface area contributed by atoms with Crippen LogP contribution in [0.3, 0.4) is 0 Å². The van der Waals surface area contributed by atoms with Crippen LogP contribution in [0.4, 0.5) is 5.69 Å². The van der Waals surface area contributed by atoms with Gasteiger partial charge in [-0.15, -0.1) is 0 Å². The maximum atomic E-state index is 12.8. The van der Waals surface area contributed by atoms with E-state index in [1.54, 1.807) is 46.2 Å². The number of carbonyl (C=O) groups excluding carboxylic acids is 3. The van der Waals surface area contributed by atoms with E-state index < -0.39 is 0 Å². The summed E-state index contributed by atoms with van der Waals surface area (Å²) in [5.74, 6) is -0.503. The van der Waals surface area contributed by atoms with Crippen LogP contribution in [0.1, 0.15) is 20.7 Å². The lowest BCUT2D eigenvalue weighted by molar-refractivity contribution is -0.111. The molecule has 0 aliphatic carbocycles. The highest BCUT2D eigenvalue weighted by atomic mass is 16.3. The van der Waals surface area contributed by atoms with Gasteiger partial charge in [0.2, 0.25) is 5.91 Å². The highest BCUT2D eigenvalue weighted by molar-refractivity contribution is 6.01. The second-order valence-corrected chi connectivity index (χ2v) is 6.41. The lowest BCUT2D eigenvalue weighted by atomic mass is 10.1. The molecule has 0 unspecified atom stereocenters. The Morgan fingerprint density at radius 3 is 2.04 bits per heavy atom. The number of hydrogen-bond acceptors (Lipinski definition) is 4. The van der Waals surface area contributed by atoms with Gasteiger partial charge in [-0.2, -0.15) is 0 Å². The molecular weight excluding hydrogens is 358 g/mol. The molecule has 0 radical (unpaired) electrons. The molecule has 7 nitrogen and oxygen atoms in total. The first kappa shape index (κ1) is 19.2. The molecule has 2 N–H and O–H groups in total. The number of benzene rings is 2. The Kier molecular flexibility index (Phi) is 5.74. The number of aromatic hydroxyl groups is 1. The SMILES string of the molecule is C=CC(=O)Nc1cccc(C(=O)N2CCN(C(=O)c3ccc(O)cc3)CC2)c1. The first-order valence-electron chi connectivity index (χ1n) is 8.89. The molecule has 2 aromatic carbocycles. The maximum absolute atomic E-state index is 12.8. The van der Waals surface area contributed by atoms with Crippen molar-refractivity contribution in [3.8, 4) is 5.75 Å². The predicted molar refractivity (Wildman–Crippen MR) is 105 cm³/mol. The highest BCUT2D eigenvalue weighted by Gasteiger charge is 2.25. The maximum Gasteiger partial charge on any atom is 0.254 e. The topological polar surface area (TPSA) is 90.0 Å². The summed E-state index contributed by atoms with van der Waals surface area (Å²) in [5, 5.41) is 12.0. The van der Waals surface area contributed by atoms with Crippen molar-refractivity contribution in [3.63, 3.8) is 0 Å². The van der Waals surface area contributed by atoms with Crippen molar-refractivity contribution in [2.75, 3.05) is 31.5 Å². The van der Waals surface area contributed by atoms with Crippen LogP contribution in [0.2, 0.25) is 0 Å². The first-order valence-corrected chi connectivity index (χ1v) is 8.89. The molecule has 1 fully saturated rings. The summed E-state index contributed by atoms with van der Waals surface area (Å²) in [6.45, 7) is 5.11. The van der Waals surface area contributed by atoms with Gasteiger partial charge in [0.25, 0.3) is 11.8 Å². The lowest BCUT2D eigenvalue weighted by Crippen LogP contribution is -2.50. The van der Waals surface area contributed by atoms with E-state index in [4.69, 9.17) is 0 Å². The molecule has 0 aromatic heterocycles. The van der Waals surface area contributed by atoms with E-state index in [2.05, 4.69) is 11.9 Å². The Balaban J connectivity index is 1.61. The van der Waals surface area contributed by atoms with Crippen LogP contribution < -0.4 is 5.32 Å². The first-order chi connectivity index (χ1) is 13.5. The molecule has 0 spiro atoms. The van der Waals surface area contributed by atoms with Crippen LogP contribution in [0.5, 0.6) is 5.75 Å². The number of nitrogens with zero attached hydrogens (tertiary/aromatic N) is 2. The Hall–Kier alpha value is -3.61. The molecule has 3 amide bonds. The fraction of sp³-hybridized carbons (Fsp3) is 0.190. The number of anilines is 1. The number of nitrogens with one attached hydrogen (secondary N) is 1. The normalized spacial score (nSPS) is 13.7. The molecule has 28 heavy (non-hydrogen) atoms. The monoisotopic (exact) mass is 379 g/mol. The third-order valence-corrected chi connectivity index (χ3v) is 4.53. The molecule has 2 aromatic rings. The van der Waals surface area contributed by atoms with Crippen molar-refractivity contribution in [2.24, 2.45) is 0 Å². The van der Waals surface area contributed by atoms with Crippen LogP contribution >= 0.6 is 0 Å². The average molecular weight is 379 g/mol. The Morgan fingerprint density at radius 1 is 0.893 bits per heavy atom. The Labute approximate surface area is 162 Å². The van der Waals surface area contributed by atoms with Crippen molar-refractivity contribution in [1.82, 2.24) is 9.80 Å². The smallest absolute Gasteiger partial charge is 0.254 e. The minimum absolute atomic E-state index is 0.110. The highest BCUT2D eigenvalue weighted by Crippen LogP contribution is 2.16. The summed E-state index contributed by atoms with van der Waals surface area (Å²) in [4.78, 5) is 40.1. The number of phenolic OH excluding ortho intramolecular Hbond substituents is 1. The summed E-state index contributed by atoms with van der Waals surface area (Å²) < 4.78 is 0. The number of hydrogen-bond donors (Lipinski definition) is 2. The molecule has 0 saturated carbocycles. The van der Waals surface area contributed by atoms with Gasteiger partial charge >= 0.3 is 0 Å². The molecule has 1 aliphatic rings. The third kappa shape index (κ3) is 4.37. The molecule has 1 aliphatic heterocycles.